The molecule has 4 N–H and O–H groups in total. The molecule has 1 aliphatic heterocycles. The van der Waals surface area contributed by atoms with E-state index in [1.54, 1.807) is 0 Å². The molecule has 0 spiro atoms. The molecule has 2 amide bonds. The minimum atomic E-state index is -0.952. The number of amides is 2. The van der Waals surface area contributed by atoms with E-state index in [0.29, 0.717) is 19.6 Å². The molecule has 0 bridgehead atoms. The number of likely N-dealkylation sites (tertiary alicyclic amines) is 1. The van der Waals surface area contributed by atoms with Gasteiger partial charge in [-0.1, -0.05) is 49.7 Å². The lowest BCUT2D eigenvalue weighted by Gasteiger charge is -2.51. The van der Waals surface area contributed by atoms with E-state index in [1.807, 2.05) is 43.0 Å². The Balaban J connectivity index is 2.00. The van der Waals surface area contributed by atoms with Crippen molar-refractivity contribution in [3.05, 3.63) is 63.9 Å². The van der Waals surface area contributed by atoms with E-state index in [2.05, 4.69) is 10.6 Å². The normalized spacial score (nSPS) is 15.3. The van der Waals surface area contributed by atoms with E-state index >= 15 is 0 Å². The maximum Gasteiger partial charge on any atom is 0.253 e. The summed E-state index contributed by atoms with van der Waals surface area (Å²) in [6.45, 7) is 4.92. The first kappa shape index (κ1) is 26.1. The average Bonchev–Trinajstić information content (AvgIpc) is 2.80. The summed E-state index contributed by atoms with van der Waals surface area (Å²) in [5, 5.41) is 24.0. The number of anilines is 1. The van der Waals surface area contributed by atoms with Crippen LogP contribution in [0.5, 0.6) is 0 Å². The molecule has 9 heteroatoms. The summed E-state index contributed by atoms with van der Waals surface area (Å²) in [5.41, 5.74) is 1.03. The third-order valence-corrected chi connectivity index (χ3v) is 6.62. The van der Waals surface area contributed by atoms with Crippen LogP contribution in [0.4, 0.5) is 10.1 Å². The largest absolute Gasteiger partial charge is 0.396 e. The van der Waals surface area contributed by atoms with Gasteiger partial charge < -0.3 is 20.8 Å². The second-order valence-corrected chi connectivity index (χ2v) is 9.48. The molecule has 0 aromatic heterocycles. The third kappa shape index (κ3) is 5.10. The van der Waals surface area contributed by atoms with Crippen LogP contribution in [-0.2, 0) is 10.2 Å². The summed E-state index contributed by atoms with van der Waals surface area (Å²) in [6, 6.07) is 9.95. The molecule has 1 saturated heterocycles. The van der Waals surface area contributed by atoms with Gasteiger partial charge in [0.1, 0.15) is 5.82 Å². The van der Waals surface area contributed by atoms with Gasteiger partial charge in [0.05, 0.1) is 21.7 Å². The van der Waals surface area contributed by atoms with Gasteiger partial charge in [0.15, 0.2) is 0 Å². The highest BCUT2D eigenvalue weighted by molar-refractivity contribution is 6.31. The number of aliphatic hydroxyl groups excluding tert-OH is 2. The fourth-order valence-electron chi connectivity index (χ4n) is 4.47. The Morgan fingerprint density at radius 3 is 2.41 bits per heavy atom. The number of hydrogen-bond donors (Lipinski definition) is 4. The van der Waals surface area contributed by atoms with Crippen LogP contribution in [-0.4, -0.2) is 66.8 Å². The standard InChI is InChI=1S/C25H31ClFN3O4/c1-15(2)17-6-4-5-7-19(17)25(13-30(14-25)10-16(11-31)12-32)24(34)29-22-9-21(27)20(26)8-18(22)23(33)28-3/h4-9,15-16,31-32H,10-14H2,1-3H3,(H,28,33)(H,29,34). The van der Waals surface area contributed by atoms with E-state index < -0.39 is 17.1 Å². The second-order valence-electron chi connectivity index (χ2n) is 9.07. The van der Waals surface area contributed by atoms with Crippen LogP contribution in [0.1, 0.15) is 41.3 Å². The molecule has 1 aliphatic rings. The number of hydrogen-bond acceptors (Lipinski definition) is 5. The Kier molecular flexibility index (Phi) is 8.30. The fraction of sp³-hybridized carbons (Fsp3) is 0.440. The van der Waals surface area contributed by atoms with Crippen molar-refractivity contribution < 1.29 is 24.2 Å². The lowest BCUT2D eigenvalue weighted by molar-refractivity contribution is -0.128. The highest BCUT2D eigenvalue weighted by atomic mass is 35.5. The molecule has 1 heterocycles. The van der Waals surface area contributed by atoms with Crippen LogP contribution in [0.15, 0.2) is 36.4 Å². The van der Waals surface area contributed by atoms with Gasteiger partial charge in [-0.2, -0.15) is 0 Å². The Labute approximate surface area is 203 Å². The number of rotatable bonds is 9. The van der Waals surface area contributed by atoms with Crippen LogP contribution in [0, 0.1) is 11.7 Å². The van der Waals surface area contributed by atoms with Crippen molar-refractivity contribution >= 4 is 29.1 Å². The molecule has 0 aliphatic carbocycles. The number of carbonyl (C=O) groups is 2. The first-order valence-electron chi connectivity index (χ1n) is 11.2. The zero-order chi connectivity index (χ0) is 25.0. The maximum absolute atomic E-state index is 14.3. The molecule has 2 aromatic rings. The minimum Gasteiger partial charge on any atom is -0.396 e. The molecule has 0 radical (unpaired) electrons. The van der Waals surface area contributed by atoms with Crippen molar-refractivity contribution in [3.8, 4) is 0 Å². The molecule has 3 rings (SSSR count). The Morgan fingerprint density at radius 1 is 1.18 bits per heavy atom. The van der Waals surface area contributed by atoms with E-state index in [0.717, 1.165) is 17.2 Å². The monoisotopic (exact) mass is 491 g/mol. The molecule has 2 aromatic carbocycles. The van der Waals surface area contributed by atoms with Gasteiger partial charge in [-0.05, 0) is 29.2 Å². The summed E-state index contributed by atoms with van der Waals surface area (Å²) < 4.78 is 14.3. The van der Waals surface area contributed by atoms with Crippen molar-refractivity contribution in [1.29, 1.82) is 0 Å². The van der Waals surface area contributed by atoms with Gasteiger partial charge in [0, 0.05) is 45.8 Å². The topological polar surface area (TPSA) is 102 Å². The van der Waals surface area contributed by atoms with E-state index in [-0.39, 0.29) is 47.2 Å². The zero-order valence-corrected chi connectivity index (χ0v) is 20.3. The Hall–Kier alpha value is -2.52. The van der Waals surface area contributed by atoms with Crippen LogP contribution in [0.25, 0.3) is 0 Å². The highest BCUT2D eigenvalue weighted by Gasteiger charge is 2.52. The summed E-state index contributed by atoms with van der Waals surface area (Å²) in [7, 11) is 1.44. The SMILES string of the molecule is CNC(=O)c1cc(Cl)c(F)cc1NC(=O)C1(c2ccccc2C(C)C)CN(CC(CO)CO)C1. The van der Waals surface area contributed by atoms with Crippen molar-refractivity contribution in [2.45, 2.75) is 25.2 Å². The van der Waals surface area contributed by atoms with Crippen molar-refractivity contribution in [2.75, 3.05) is 45.2 Å². The van der Waals surface area contributed by atoms with E-state index in [4.69, 9.17) is 11.6 Å². The molecule has 34 heavy (non-hydrogen) atoms. The van der Waals surface area contributed by atoms with Crippen molar-refractivity contribution in [1.82, 2.24) is 10.2 Å². The molecular weight excluding hydrogens is 461 g/mol. The van der Waals surface area contributed by atoms with Gasteiger partial charge in [-0.25, -0.2) is 4.39 Å². The lowest BCUT2D eigenvalue weighted by Crippen LogP contribution is -2.66. The predicted octanol–water partition coefficient (Wildman–Crippen LogP) is 2.76. The Bertz CT molecular complexity index is 1050. The first-order valence-corrected chi connectivity index (χ1v) is 11.6. The molecule has 0 atom stereocenters. The number of aliphatic hydroxyl groups is 2. The quantitative estimate of drug-likeness (QED) is 0.432. The average molecular weight is 492 g/mol. The molecule has 0 unspecified atom stereocenters. The molecule has 1 fully saturated rings. The third-order valence-electron chi connectivity index (χ3n) is 6.33. The van der Waals surface area contributed by atoms with Crippen LogP contribution in [0.2, 0.25) is 5.02 Å². The predicted molar refractivity (Wildman–Crippen MR) is 130 cm³/mol. The molecular formula is C25H31ClFN3O4. The summed E-state index contributed by atoms with van der Waals surface area (Å²) >= 11 is 5.88. The molecule has 184 valence electrons. The molecule has 7 nitrogen and oxygen atoms in total. The smallest absolute Gasteiger partial charge is 0.253 e. The molecule has 0 saturated carbocycles. The van der Waals surface area contributed by atoms with Gasteiger partial charge in [0.25, 0.3) is 5.91 Å². The first-order chi connectivity index (χ1) is 16.2. The van der Waals surface area contributed by atoms with Crippen molar-refractivity contribution in [3.63, 3.8) is 0 Å². The number of carbonyl (C=O) groups excluding carboxylic acids is 2. The van der Waals surface area contributed by atoms with Gasteiger partial charge in [-0.15, -0.1) is 0 Å². The van der Waals surface area contributed by atoms with E-state index in [9.17, 15) is 24.2 Å². The second kappa shape index (κ2) is 10.8. The van der Waals surface area contributed by atoms with E-state index in [1.165, 1.54) is 13.1 Å². The maximum atomic E-state index is 14.3. The number of halogens is 2. The lowest BCUT2D eigenvalue weighted by atomic mass is 9.69. The van der Waals surface area contributed by atoms with Crippen molar-refractivity contribution in [2.24, 2.45) is 5.92 Å². The summed E-state index contributed by atoms with van der Waals surface area (Å²) in [5.74, 6) is -1.77. The minimum absolute atomic E-state index is 0.0368. The van der Waals surface area contributed by atoms with Crippen LogP contribution in [0.3, 0.4) is 0 Å². The zero-order valence-electron chi connectivity index (χ0n) is 19.6. The highest BCUT2D eigenvalue weighted by Crippen LogP contribution is 2.40. The Morgan fingerprint density at radius 2 is 1.82 bits per heavy atom. The van der Waals surface area contributed by atoms with Crippen LogP contribution < -0.4 is 10.6 Å². The summed E-state index contributed by atoms with van der Waals surface area (Å²) in [4.78, 5) is 28.2. The number of nitrogens with one attached hydrogen (secondary N) is 2. The van der Waals surface area contributed by atoms with Crippen LogP contribution >= 0.6 is 11.6 Å². The van der Waals surface area contributed by atoms with Gasteiger partial charge in [0.2, 0.25) is 5.91 Å². The number of benzene rings is 2. The number of nitrogens with zero attached hydrogens (tertiary/aromatic N) is 1. The summed E-state index contributed by atoms with van der Waals surface area (Å²) in [6.07, 6.45) is 0. The fourth-order valence-corrected chi connectivity index (χ4v) is 4.64. The van der Waals surface area contributed by atoms with Gasteiger partial charge >= 0.3 is 0 Å². The van der Waals surface area contributed by atoms with Gasteiger partial charge in [-0.3, -0.25) is 14.5 Å².